The van der Waals surface area contributed by atoms with E-state index >= 15 is 0 Å². The quantitative estimate of drug-likeness (QED) is 0.0179. The van der Waals surface area contributed by atoms with Crippen molar-refractivity contribution >= 4 is 50.0 Å². The molecule has 0 aromatic heterocycles. The Kier molecular flexibility index (Phi) is 48.8. The number of nitrogens with two attached hydrogens (primary N) is 2. The summed E-state index contributed by atoms with van der Waals surface area (Å²) in [6.07, 6.45) is 28.0. The van der Waals surface area contributed by atoms with Crippen LogP contribution < -0.4 is 32.6 Å². The lowest BCUT2D eigenvalue weighted by molar-refractivity contribution is -0.142. The number of nitrogens with one attached hydrogen (secondary N) is 4. The van der Waals surface area contributed by atoms with Gasteiger partial charge in [-0.15, -0.1) is 0 Å². The van der Waals surface area contributed by atoms with Crippen molar-refractivity contribution in [2.75, 3.05) is 13.1 Å². The van der Waals surface area contributed by atoms with Gasteiger partial charge in [-0.1, -0.05) is 142 Å². The van der Waals surface area contributed by atoms with Crippen molar-refractivity contribution < 1.29 is 48.9 Å². The molecule has 2 radical (unpaired) electrons. The van der Waals surface area contributed by atoms with Crippen LogP contribution in [0.5, 0.6) is 0 Å². The summed E-state index contributed by atoms with van der Waals surface area (Å²) in [5.41, 5.74) is 10.2. The van der Waals surface area contributed by atoms with Gasteiger partial charge < -0.3 is 48.0 Å². The Labute approximate surface area is 374 Å². The predicted molar refractivity (Wildman–Crippen MR) is 246 cm³/mol. The van der Waals surface area contributed by atoms with Crippen LogP contribution in [0.3, 0.4) is 0 Å². The fourth-order valence-electron chi connectivity index (χ4n) is 6.75. The molecule has 0 aromatic carbocycles. The molecule has 62 heavy (non-hydrogen) atoms. The highest BCUT2D eigenvalue weighted by Gasteiger charge is 2.21. The van der Waals surface area contributed by atoms with E-state index in [-0.39, 0.29) is 49.8 Å². The highest BCUT2D eigenvalue weighted by molar-refractivity contribution is 6.06. The Balaban J connectivity index is -0.00000664. The summed E-state index contributed by atoms with van der Waals surface area (Å²) in [7, 11) is 5.20. The van der Waals surface area contributed by atoms with Crippen LogP contribution in [-0.2, 0) is 33.6 Å². The lowest BCUT2D eigenvalue weighted by Gasteiger charge is -2.14. The number of carboxylic acid groups (broad SMARTS) is 3. The number of carbonyl (C=O) groups excluding carboxylic acids is 4. The highest BCUT2D eigenvalue weighted by Crippen LogP contribution is 2.15. The zero-order chi connectivity index (χ0) is 47.1. The molecule has 0 saturated carbocycles. The van der Waals surface area contributed by atoms with E-state index in [1.165, 1.54) is 57.8 Å². The van der Waals surface area contributed by atoms with Crippen LogP contribution in [0, 0.1) is 0 Å². The van der Waals surface area contributed by atoms with E-state index in [0.29, 0.717) is 38.8 Å². The molecule has 0 aromatic rings. The van der Waals surface area contributed by atoms with Crippen molar-refractivity contribution in [3.63, 3.8) is 0 Å². The molecule has 3 unspecified atom stereocenters. The molecule has 4 amide bonds. The smallest absolute Gasteiger partial charge is 0.326 e. The second-order valence-corrected chi connectivity index (χ2v) is 15.7. The summed E-state index contributed by atoms with van der Waals surface area (Å²) in [5, 5.41) is 37.6. The van der Waals surface area contributed by atoms with Gasteiger partial charge in [-0.25, -0.2) is 4.79 Å². The van der Waals surface area contributed by atoms with Crippen molar-refractivity contribution in [1.29, 1.82) is 0 Å². The third-order valence-corrected chi connectivity index (χ3v) is 10.4. The van der Waals surface area contributed by atoms with E-state index in [9.17, 15) is 33.9 Å². The molecule has 3 atom stereocenters. The summed E-state index contributed by atoms with van der Waals surface area (Å²) in [6, 6.07) is -2.43. The van der Waals surface area contributed by atoms with E-state index < -0.39 is 36.0 Å². The van der Waals surface area contributed by atoms with Crippen molar-refractivity contribution in [2.45, 2.75) is 231 Å². The third-order valence-electron chi connectivity index (χ3n) is 10.4. The van der Waals surface area contributed by atoms with Gasteiger partial charge in [0, 0.05) is 32.4 Å². The molecule has 0 aliphatic rings. The zero-order valence-corrected chi connectivity index (χ0v) is 38.6. The number of carbonyl (C=O) groups is 7. The SMILES string of the molecule is CC.NC=O.[B]NC(CCCCNC(=O)C(N)CCCCCCCCCNC(=O)CCC(NC(=O)CCCCCCCCCCCCCCCCCCC(=O)O)C(=O)O)C(=O)O. The Hall–Kier alpha value is -3.73. The summed E-state index contributed by atoms with van der Waals surface area (Å²) >= 11 is 0. The number of hydrogen-bond acceptors (Lipinski definition) is 9. The molecule has 0 aliphatic carbocycles. The van der Waals surface area contributed by atoms with Gasteiger partial charge in [0.25, 0.3) is 0 Å². The minimum atomic E-state index is -1.13. The maximum absolute atomic E-state index is 12.4. The molecule has 0 spiro atoms. The van der Waals surface area contributed by atoms with Crippen molar-refractivity contribution in [1.82, 2.24) is 21.2 Å². The van der Waals surface area contributed by atoms with Gasteiger partial charge in [0.2, 0.25) is 24.1 Å². The fourth-order valence-corrected chi connectivity index (χ4v) is 6.75. The average Bonchev–Trinajstić information content (AvgIpc) is 3.24. The molecule has 0 rings (SSSR count). The molecule has 0 fully saturated rings. The summed E-state index contributed by atoms with van der Waals surface area (Å²) in [5.74, 6) is -3.53. The molecule has 17 heteroatoms. The van der Waals surface area contributed by atoms with Crippen LogP contribution in [0.2, 0.25) is 0 Å². The fraction of sp³-hybridized carbons (Fsp3) is 0.844. The second-order valence-electron chi connectivity index (χ2n) is 15.7. The van der Waals surface area contributed by atoms with E-state index in [4.69, 9.17) is 28.7 Å². The van der Waals surface area contributed by atoms with Gasteiger partial charge in [0.15, 0.2) is 7.98 Å². The first-order chi connectivity index (χ1) is 29.9. The number of aliphatic carboxylic acids is 3. The van der Waals surface area contributed by atoms with Crippen LogP contribution in [0.15, 0.2) is 0 Å². The number of rotatable bonds is 42. The number of hydrogen-bond donors (Lipinski definition) is 9. The first kappa shape index (κ1) is 62.6. The largest absolute Gasteiger partial charge is 0.481 e. The van der Waals surface area contributed by atoms with Crippen molar-refractivity contribution in [2.24, 2.45) is 11.5 Å². The number of primary amides is 1. The first-order valence-corrected chi connectivity index (χ1v) is 23.8. The molecule has 0 bridgehead atoms. The van der Waals surface area contributed by atoms with Gasteiger partial charge in [0.05, 0.1) is 12.1 Å². The topological polar surface area (TPSA) is 280 Å². The van der Waals surface area contributed by atoms with E-state index in [2.05, 4.69) is 26.9 Å². The van der Waals surface area contributed by atoms with Gasteiger partial charge in [-0.05, 0) is 51.4 Å². The molecule has 0 aliphatic heterocycles. The Bertz CT molecular complexity index is 1140. The maximum atomic E-state index is 12.4. The molecule has 0 heterocycles. The van der Waals surface area contributed by atoms with Gasteiger partial charge in [-0.2, -0.15) is 0 Å². The summed E-state index contributed by atoms with van der Waals surface area (Å²) < 4.78 is 0. The number of carboxylic acids is 3. The van der Waals surface area contributed by atoms with E-state index in [0.717, 1.165) is 89.9 Å². The van der Waals surface area contributed by atoms with Crippen LogP contribution in [0.1, 0.15) is 213 Å². The van der Waals surface area contributed by atoms with Crippen LogP contribution in [0.25, 0.3) is 0 Å². The Morgan fingerprint density at radius 3 is 1.31 bits per heavy atom. The Morgan fingerprint density at radius 2 is 0.871 bits per heavy atom. The minimum Gasteiger partial charge on any atom is -0.481 e. The number of amides is 4. The Morgan fingerprint density at radius 1 is 0.500 bits per heavy atom. The molecule has 16 nitrogen and oxygen atoms in total. The van der Waals surface area contributed by atoms with Gasteiger partial charge in [-0.3, -0.25) is 28.8 Å². The molecule has 11 N–H and O–H groups in total. The molecular weight excluding hydrogens is 795 g/mol. The molecular formula is C45H87BN6O10. The zero-order valence-electron chi connectivity index (χ0n) is 38.6. The summed E-state index contributed by atoms with van der Waals surface area (Å²) in [4.78, 5) is 78.5. The normalized spacial score (nSPS) is 12.0. The van der Waals surface area contributed by atoms with E-state index in [1.807, 2.05) is 13.8 Å². The number of unbranched alkanes of at least 4 members (excludes halogenated alkanes) is 22. The average molecular weight is 883 g/mol. The van der Waals surface area contributed by atoms with Crippen LogP contribution in [0.4, 0.5) is 0 Å². The predicted octanol–water partition coefficient (Wildman–Crippen LogP) is 6.55. The lowest BCUT2D eigenvalue weighted by atomic mass is 10.0. The van der Waals surface area contributed by atoms with E-state index in [1.54, 1.807) is 0 Å². The maximum Gasteiger partial charge on any atom is 0.326 e. The third kappa shape index (κ3) is 45.8. The van der Waals surface area contributed by atoms with Gasteiger partial charge in [0.1, 0.15) is 6.04 Å². The molecule has 360 valence electrons. The van der Waals surface area contributed by atoms with Crippen molar-refractivity contribution in [3.8, 4) is 0 Å². The minimum absolute atomic E-state index is 0.0364. The van der Waals surface area contributed by atoms with Crippen molar-refractivity contribution in [3.05, 3.63) is 0 Å². The monoisotopic (exact) mass is 883 g/mol. The highest BCUT2D eigenvalue weighted by atomic mass is 16.4. The van der Waals surface area contributed by atoms with Crippen LogP contribution in [-0.4, -0.2) is 96.6 Å². The second kappa shape index (κ2) is 48.3. The summed E-state index contributed by atoms with van der Waals surface area (Å²) in [6.45, 7) is 4.97. The first-order valence-electron chi connectivity index (χ1n) is 23.8. The molecule has 0 saturated heterocycles. The lowest BCUT2D eigenvalue weighted by Crippen LogP contribution is -2.41. The van der Waals surface area contributed by atoms with Gasteiger partial charge >= 0.3 is 17.9 Å². The standard InChI is InChI=1S/C42H78BN5O9.C2H6.CH3NO/c43-48-36(42(56)57)27-23-25-33-46-40(53)34(44)26-20-16-12-11-15-19-24-32-45-37(49)31-30-35(41(54)55)47-38(50)28-21-17-13-9-7-5-3-1-2-4-6-8-10-14-18-22-29-39(51)52;1-2;2-1-3/h34-36,48H,1-33,44H2,(H,45,49)(H,46,53)(H,47,50)(H,51,52)(H,54,55)(H,56,57);1-2H3;1H,(H2,2,3). The van der Waals surface area contributed by atoms with Crippen LogP contribution >= 0.6 is 0 Å².